The zero-order valence-electron chi connectivity index (χ0n) is 13.2. The molecule has 0 spiro atoms. The fraction of sp³-hybridized carbons (Fsp3) is 0.562. The third kappa shape index (κ3) is 4.19. The summed E-state index contributed by atoms with van der Waals surface area (Å²) in [5, 5.41) is 5.92. The molecule has 0 radical (unpaired) electrons. The van der Waals surface area contributed by atoms with E-state index in [1.807, 2.05) is 18.2 Å². The van der Waals surface area contributed by atoms with E-state index in [4.69, 9.17) is 0 Å². The predicted molar refractivity (Wildman–Crippen MR) is 87.0 cm³/mol. The summed E-state index contributed by atoms with van der Waals surface area (Å²) in [6.45, 7) is 4.65. The second-order valence-electron chi connectivity index (χ2n) is 6.11. The number of amides is 3. The molecule has 124 valence electrons. The van der Waals surface area contributed by atoms with Crippen LogP contribution in [0.15, 0.2) is 24.4 Å². The van der Waals surface area contributed by atoms with Crippen molar-refractivity contribution in [2.24, 2.45) is 5.92 Å². The summed E-state index contributed by atoms with van der Waals surface area (Å²) in [6.07, 6.45) is 3.79. The van der Waals surface area contributed by atoms with Gasteiger partial charge in [0.05, 0.1) is 6.54 Å². The summed E-state index contributed by atoms with van der Waals surface area (Å²) in [5.74, 6) is 1.42. The summed E-state index contributed by atoms with van der Waals surface area (Å²) in [7, 11) is 0. The first-order chi connectivity index (χ1) is 11.2. The van der Waals surface area contributed by atoms with Gasteiger partial charge >= 0.3 is 6.03 Å². The van der Waals surface area contributed by atoms with Gasteiger partial charge in [0.15, 0.2) is 0 Å². The molecule has 2 saturated heterocycles. The first-order valence-electron chi connectivity index (χ1n) is 8.18. The summed E-state index contributed by atoms with van der Waals surface area (Å²) >= 11 is 0. The van der Waals surface area contributed by atoms with Crippen LogP contribution in [0.25, 0.3) is 0 Å². The topological polar surface area (TPSA) is 77.6 Å². The smallest absolute Gasteiger partial charge is 0.324 e. The van der Waals surface area contributed by atoms with E-state index in [0.29, 0.717) is 12.5 Å². The second kappa shape index (κ2) is 7.41. The van der Waals surface area contributed by atoms with E-state index in [9.17, 15) is 9.59 Å². The predicted octanol–water partition coefficient (Wildman–Crippen LogP) is 0.757. The van der Waals surface area contributed by atoms with E-state index in [-0.39, 0.29) is 18.5 Å². The van der Waals surface area contributed by atoms with Crippen molar-refractivity contribution in [3.63, 3.8) is 0 Å². The Morgan fingerprint density at radius 1 is 1.30 bits per heavy atom. The molecule has 2 fully saturated rings. The van der Waals surface area contributed by atoms with Gasteiger partial charge in [-0.05, 0) is 44.0 Å². The highest BCUT2D eigenvalue weighted by Crippen LogP contribution is 2.17. The van der Waals surface area contributed by atoms with Gasteiger partial charge in [0.1, 0.15) is 5.82 Å². The van der Waals surface area contributed by atoms with E-state index < -0.39 is 0 Å². The fourth-order valence-electron chi connectivity index (χ4n) is 3.13. The summed E-state index contributed by atoms with van der Waals surface area (Å²) < 4.78 is 0. The van der Waals surface area contributed by atoms with Crippen molar-refractivity contribution in [2.75, 3.05) is 44.6 Å². The van der Waals surface area contributed by atoms with Gasteiger partial charge in [-0.3, -0.25) is 9.69 Å². The molecule has 1 aromatic rings. The molecule has 7 nitrogen and oxygen atoms in total. The van der Waals surface area contributed by atoms with E-state index in [2.05, 4.69) is 20.5 Å². The lowest BCUT2D eigenvalue weighted by Gasteiger charge is -2.18. The van der Waals surface area contributed by atoms with Crippen LogP contribution in [0.5, 0.6) is 0 Å². The molecule has 2 aliphatic heterocycles. The zero-order valence-corrected chi connectivity index (χ0v) is 13.2. The first-order valence-corrected chi connectivity index (χ1v) is 8.18. The van der Waals surface area contributed by atoms with Crippen LogP contribution in [0.3, 0.4) is 0 Å². The Bertz CT molecular complexity index is 535. The second-order valence-corrected chi connectivity index (χ2v) is 6.11. The Morgan fingerprint density at radius 2 is 2.22 bits per heavy atom. The van der Waals surface area contributed by atoms with Crippen LogP contribution in [0.4, 0.5) is 10.6 Å². The number of carbonyl (C=O) groups excluding carboxylic acids is 2. The van der Waals surface area contributed by atoms with Crippen molar-refractivity contribution in [1.29, 1.82) is 0 Å². The minimum Gasteiger partial charge on any atom is -0.370 e. The van der Waals surface area contributed by atoms with Crippen molar-refractivity contribution < 1.29 is 9.59 Å². The molecule has 1 unspecified atom stereocenters. The number of imide groups is 1. The van der Waals surface area contributed by atoms with Gasteiger partial charge in [0.2, 0.25) is 5.91 Å². The number of nitrogens with one attached hydrogen (secondary N) is 2. The monoisotopic (exact) mass is 317 g/mol. The normalized spacial score (nSPS) is 21.7. The third-order valence-corrected chi connectivity index (χ3v) is 4.40. The first kappa shape index (κ1) is 15.7. The van der Waals surface area contributed by atoms with Gasteiger partial charge in [-0.2, -0.15) is 0 Å². The zero-order chi connectivity index (χ0) is 16.1. The average Bonchev–Trinajstić information content (AvgIpc) is 3.15. The van der Waals surface area contributed by atoms with Crippen molar-refractivity contribution in [2.45, 2.75) is 12.8 Å². The maximum absolute atomic E-state index is 11.5. The third-order valence-electron chi connectivity index (χ3n) is 4.40. The molecule has 0 bridgehead atoms. The average molecular weight is 317 g/mol. The summed E-state index contributed by atoms with van der Waals surface area (Å²) in [6, 6.07) is 5.61. The van der Waals surface area contributed by atoms with E-state index >= 15 is 0 Å². The molecule has 3 rings (SSSR count). The SMILES string of the molecule is O=C1CNC(=O)N1CCCN1CCC(CNc2ccccn2)C1. The number of nitrogens with zero attached hydrogens (tertiary/aromatic N) is 3. The van der Waals surface area contributed by atoms with Gasteiger partial charge < -0.3 is 15.5 Å². The van der Waals surface area contributed by atoms with Gasteiger partial charge in [-0.1, -0.05) is 6.07 Å². The lowest BCUT2D eigenvalue weighted by atomic mass is 10.1. The molecule has 7 heteroatoms. The molecule has 3 heterocycles. The van der Waals surface area contributed by atoms with Crippen molar-refractivity contribution in [3.8, 4) is 0 Å². The summed E-state index contributed by atoms with van der Waals surface area (Å²) in [4.78, 5) is 30.9. The number of rotatable bonds is 7. The van der Waals surface area contributed by atoms with E-state index in [1.54, 1.807) is 6.20 Å². The van der Waals surface area contributed by atoms with Crippen LogP contribution >= 0.6 is 0 Å². The maximum atomic E-state index is 11.5. The van der Waals surface area contributed by atoms with Gasteiger partial charge in [-0.15, -0.1) is 0 Å². The lowest BCUT2D eigenvalue weighted by Crippen LogP contribution is -2.34. The lowest BCUT2D eigenvalue weighted by molar-refractivity contribution is -0.125. The Kier molecular flexibility index (Phi) is 5.07. The summed E-state index contributed by atoms with van der Waals surface area (Å²) in [5.41, 5.74) is 0. The van der Waals surface area contributed by atoms with Crippen LogP contribution in [0.2, 0.25) is 0 Å². The van der Waals surface area contributed by atoms with Crippen LogP contribution in [-0.2, 0) is 4.79 Å². The van der Waals surface area contributed by atoms with E-state index in [0.717, 1.165) is 38.4 Å². The number of anilines is 1. The minimum atomic E-state index is -0.256. The number of pyridine rings is 1. The number of carbonyl (C=O) groups is 2. The maximum Gasteiger partial charge on any atom is 0.324 e. The fourth-order valence-corrected chi connectivity index (χ4v) is 3.13. The van der Waals surface area contributed by atoms with Gasteiger partial charge in [-0.25, -0.2) is 9.78 Å². The quantitative estimate of drug-likeness (QED) is 0.726. The highest BCUT2D eigenvalue weighted by molar-refractivity contribution is 6.01. The van der Waals surface area contributed by atoms with Crippen LogP contribution in [-0.4, -0.2) is 66.0 Å². The molecule has 1 atom stereocenters. The number of hydrogen-bond acceptors (Lipinski definition) is 5. The number of likely N-dealkylation sites (tertiary alicyclic amines) is 1. The van der Waals surface area contributed by atoms with Crippen LogP contribution in [0.1, 0.15) is 12.8 Å². The molecule has 0 aromatic carbocycles. The molecular weight excluding hydrogens is 294 g/mol. The number of urea groups is 1. The highest BCUT2D eigenvalue weighted by atomic mass is 16.2. The van der Waals surface area contributed by atoms with Crippen molar-refractivity contribution >= 4 is 17.8 Å². The molecule has 2 N–H and O–H groups in total. The van der Waals surface area contributed by atoms with Crippen LogP contribution < -0.4 is 10.6 Å². The molecule has 23 heavy (non-hydrogen) atoms. The minimum absolute atomic E-state index is 0.117. The Labute approximate surface area is 136 Å². The van der Waals surface area contributed by atoms with E-state index in [1.165, 1.54) is 11.3 Å². The van der Waals surface area contributed by atoms with Crippen molar-refractivity contribution in [3.05, 3.63) is 24.4 Å². The van der Waals surface area contributed by atoms with Gasteiger partial charge in [0.25, 0.3) is 0 Å². The van der Waals surface area contributed by atoms with Gasteiger partial charge in [0, 0.05) is 25.8 Å². The largest absolute Gasteiger partial charge is 0.370 e. The number of hydrogen-bond donors (Lipinski definition) is 2. The molecule has 3 amide bonds. The van der Waals surface area contributed by atoms with Crippen LogP contribution in [0, 0.1) is 5.92 Å². The standard InChI is InChI=1S/C16H23N5O2/c22-15-11-19-16(23)21(15)8-3-7-20-9-5-13(12-20)10-18-14-4-1-2-6-17-14/h1-2,4,6,13H,3,5,7-12H2,(H,17,18)(H,19,23). The Balaban J connectivity index is 1.34. The Morgan fingerprint density at radius 3 is 2.96 bits per heavy atom. The molecular formula is C16H23N5O2. The van der Waals surface area contributed by atoms with Crippen molar-refractivity contribution in [1.82, 2.24) is 20.1 Å². The molecule has 2 aliphatic rings. The molecule has 1 aromatic heterocycles. The Hall–Kier alpha value is -2.15. The number of aromatic nitrogens is 1. The molecule has 0 aliphatic carbocycles. The highest BCUT2D eigenvalue weighted by Gasteiger charge is 2.28. The molecule has 0 saturated carbocycles.